The molecule has 9 heteroatoms. The van der Waals surface area contributed by atoms with Crippen molar-refractivity contribution >= 4 is 22.7 Å². The minimum absolute atomic E-state index is 0.558. The molecule has 0 amide bonds. The predicted molar refractivity (Wildman–Crippen MR) is 103 cm³/mol. The van der Waals surface area contributed by atoms with Gasteiger partial charge in [-0.15, -0.1) is 0 Å². The fraction of sp³-hybridized carbons (Fsp3) is 0.556. The fourth-order valence-electron chi connectivity index (χ4n) is 3.64. The molecular formula is C18H26N8O. The smallest absolute Gasteiger partial charge is 0.229 e. The van der Waals surface area contributed by atoms with Crippen LogP contribution in [0, 0.1) is 5.92 Å². The summed E-state index contributed by atoms with van der Waals surface area (Å²) < 4.78 is 8.97. The third-order valence-electron chi connectivity index (χ3n) is 4.98. The Balaban J connectivity index is 1.47. The second-order valence-electron chi connectivity index (χ2n) is 7.13. The first-order valence-corrected chi connectivity index (χ1v) is 9.37. The van der Waals surface area contributed by atoms with Crippen molar-refractivity contribution < 1.29 is 4.74 Å². The highest BCUT2D eigenvalue weighted by Gasteiger charge is 2.21. The number of ether oxygens (including phenoxy) is 1. The summed E-state index contributed by atoms with van der Waals surface area (Å²) in [6, 6.07) is 0. The van der Waals surface area contributed by atoms with E-state index < -0.39 is 0 Å². The molecule has 27 heavy (non-hydrogen) atoms. The van der Waals surface area contributed by atoms with Crippen molar-refractivity contribution in [2.45, 2.75) is 19.4 Å². The van der Waals surface area contributed by atoms with E-state index in [0.29, 0.717) is 11.9 Å². The minimum Gasteiger partial charge on any atom is -0.383 e. The molecule has 1 N–H and O–H groups in total. The van der Waals surface area contributed by atoms with Crippen molar-refractivity contribution in [3.05, 3.63) is 24.8 Å². The summed E-state index contributed by atoms with van der Waals surface area (Å²) in [7, 11) is 3.64. The number of nitrogens with zero attached hydrogens (tertiary/aromatic N) is 7. The average Bonchev–Trinajstić information content (AvgIpc) is 3.26. The Morgan fingerprint density at radius 2 is 2.19 bits per heavy atom. The Hall–Kier alpha value is -2.52. The van der Waals surface area contributed by atoms with Crippen LogP contribution in [0.4, 0.5) is 11.6 Å². The molecule has 1 saturated heterocycles. The molecule has 0 spiro atoms. The second-order valence-corrected chi connectivity index (χ2v) is 7.13. The lowest BCUT2D eigenvalue weighted by Crippen LogP contribution is -2.39. The highest BCUT2D eigenvalue weighted by molar-refractivity contribution is 5.75. The number of rotatable bonds is 7. The predicted octanol–water partition coefficient (Wildman–Crippen LogP) is 1.66. The SMILES string of the molecule is COCCN1CCCC(Cn2ncc3cnc(Nc4cnn(C)c4)nc32)C1. The number of likely N-dealkylation sites (tertiary alicyclic amines) is 1. The van der Waals surface area contributed by atoms with Gasteiger partial charge in [0.15, 0.2) is 5.65 Å². The van der Waals surface area contributed by atoms with E-state index in [1.807, 2.05) is 30.3 Å². The maximum atomic E-state index is 5.22. The van der Waals surface area contributed by atoms with Crippen LogP contribution in [-0.2, 0) is 18.3 Å². The van der Waals surface area contributed by atoms with Crippen molar-refractivity contribution in [1.82, 2.24) is 34.4 Å². The quantitative estimate of drug-likeness (QED) is 0.677. The number of anilines is 2. The van der Waals surface area contributed by atoms with Crippen molar-refractivity contribution in [1.29, 1.82) is 0 Å². The van der Waals surface area contributed by atoms with Gasteiger partial charge in [-0.05, 0) is 25.3 Å². The number of piperidine rings is 1. The summed E-state index contributed by atoms with van der Waals surface area (Å²) in [6.45, 7) is 4.89. The maximum Gasteiger partial charge on any atom is 0.229 e. The Bertz CT molecular complexity index is 889. The molecule has 3 aromatic heterocycles. The Morgan fingerprint density at radius 1 is 1.26 bits per heavy atom. The van der Waals surface area contributed by atoms with E-state index in [0.717, 1.165) is 49.5 Å². The monoisotopic (exact) mass is 370 g/mol. The molecule has 1 aliphatic rings. The van der Waals surface area contributed by atoms with Crippen LogP contribution in [0.5, 0.6) is 0 Å². The molecule has 4 rings (SSSR count). The molecule has 0 aromatic carbocycles. The van der Waals surface area contributed by atoms with Gasteiger partial charge in [0.25, 0.3) is 0 Å². The van der Waals surface area contributed by atoms with E-state index in [-0.39, 0.29) is 0 Å². The molecule has 0 aliphatic carbocycles. The molecule has 3 aromatic rings. The van der Waals surface area contributed by atoms with Crippen LogP contribution in [-0.4, -0.2) is 67.8 Å². The molecule has 9 nitrogen and oxygen atoms in total. The average molecular weight is 370 g/mol. The Kier molecular flexibility index (Phi) is 5.30. The Labute approximate surface area is 158 Å². The first-order chi connectivity index (χ1) is 13.2. The molecule has 0 bridgehead atoms. The number of aryl methyl sites for hydroxylation is 1. The lowest BCUT2D eigenvalue weighted by Gasteiger charge is -2.32. The van der Waals surface area contributed by atoms with Gasteiger partial charge in [0.1, 0.15) is 0 Å². The first-order valence-electron chi connectivity index (χ1n) is 9.37. The molecule has 1 fully saturated rings. The molecule has 144 valence electrons. The topological polar surface area (TPSA) is 85.9 Å². The van der Waals surface area contributed by atoms with Crippen LogP contribution < -0.4 is 5.32 Å². The van der Waals surface area contributed by atoms with Crippen LogP contribution in [0.3, 0.4) is 0 Å². The van der Waals surface area contributed by atoms with Gasteiger partial charge in [-0.3, -0.25) is 4.68 Å². The molecular weight excluding hydrogens is 344 g/mol. The van der Waals surface area contributed by atoms with E-state index >= 15 is 0 Å². The van der Waals surface area contributed by atoms with Crippen molar-refractivity contribution in [2.75, 3.05) is 38.7 Å². The van der Waals surface area contributed by atoms with Crippen LogP contribution in [0.1, 0.15) is 12.8 Å². The van der Waals surface area contributed by atoms with Gasteiger partial charge < -0.3 is 15.0 Å². The van der Waals surface area contributed by atoms with Crippen LogP contribution in [0.2, 0.25) is 0 Å². The number of fused-ring (bicyclic) bond motifs is 1. The van der Waals surface area contributed by atoms with Crippen molar-refractivity contribution in [2.24, 2.45) is 13.0 Å². The van der Waals surface area contributed by atoms with Gasteiger partial charge in [0.2, 0.25) is 5.95 Å². The number of nitrogens with one attached hydrogen (secondary N) is 1. The standard InChI is InChI=1S/C18H26N8O/c1-24-13-16(10-20-24)22-18-19-8-15-9-21-26(17(15)23-18)12-14-4-3-5-25(11-14)6-7-27-2/h8-10,13-14H,3-7,11-12H2,1-2H3,(H,19,22,23). The van der Waals surface area contributed by atoms with Crippen molar-refractivity contribution in [3.8, 4) is 0 Å². The molecule has 4 heterocycles. The normalized spacial score (nSPS) is 18.2. The number of hydrogen-bond donors (Lipinski definition) is 1. The number of aromatic nitrogens is 6. The van der Waals surface area contributed by atoms with Gasteiger partial charge in [-0.1, -0.05) is 0 Å². The van der Waals surface area contributed by atoms with E-state index in [4.69, 9.17) is 4.74 Å². The van der Waals surface area contributed by atoms with Crippen LogP contribution in [0.15, 0.2) is 24.8 Å². The van der Waals surface area contributed by atoms with E-state index in [1.165, 1.54) is 12.8 Å². The second kappa shape index (κ2) is 8.01. The van der Waals surface area contributed by atoms with Crippen LogP contribution in [0.25, 0.3) is 11.0 Å². The van der Waals surface area contributed by atoms with E-state index in [1.54, 1.807) is 18.0 Å². The lowest BCUT2D eigenvalue weighted by atomic mass is 9.98. The molecule has 1 unspecified atom stereocenters. The maximum absolute atomic E-state index is 5.22. The zero-order valence-corrected chi connectivity index (χ0v) is 15.9. The van der Waals surface area contributed by atoms with Crippen molar-refractivity contribution in [3.63, 3.8) is 0 Å². The summed E-state index contributed by atoms with van der Waals surface area (Å²) in [6.07, 6.45) is 9.74. The van der Waals surface area contributed by atoms with E-state index in [2.05, 4.69) is 30.4 Å². The zero-order valence-electron chi connectivity index (χ0n) is 15.9. The first kappa shape index (κ1) is 17.9. The summed E-state index contributed by atoms with van der Waals surface area (Å²) >= 11 is 0. The molecule has 1 atom stereocenters. The molecule has 1 aliphatic heterocycles. The third-order valence-corrected chi connectivity index (χ3v) is 4.98. The minimum atomic E-state index is 0.558. The number of hydrogen-bond acceptors (Lipinski definition) is 7. The third kappa shape index (κ3) is 4.25. The lowest BCUT2D eigenvalue weighted by molar-refractivity contribution is 0.109. The summed E-state index contributed by atoms with van der Waals surface area (Å²) in [4.78, 5) is 11.5. The highest BCUT2D eigenvalue weighted by atomic mass is 16.5. The van der Waals surface area contributed by atoms with Gasteiger partial charge in [0, 0.05) is 46.2 Å². The highest BCUT2D eigenvalue weighted by Crippen LogP contribution is 2.21. The van der Waals surface area contributed by atoms with E-state index in [9.17, 15) is 0 Å². The summed E-state index contributed by atoms with van der Waals surface area (Å²) in [5.41, 5.74) is 1.73. The van der Waals surface area contributed by atoms with Gasteiger partial charge in [-0.2, -0.15) is 15.2 Å². The molecule has 0 radical (unpaired) electrons. The summed E-state index contributed by atoms with van der Waals surface area (Å²) in [5.74, 6) is 1.13. The van der Waals surface area contributed by atoms with Gasteiger partial charge in [0.05, 0.1) is 30.1 Å². The molecule has 0 saturated carbocycles. The van der Waals surface area contributed by atoms with Crippen LogP contribution >= 0.6 is 0 Å². The van der Waals surface area contributed by atoms with Gasteiger partial charge in [-0.25, -0.2) is 9.67 Å². The summed E-state index contributed by atoms with van der Waals surface area (Å²) in [5, 5.41) is 12.9. The number of methoxy groups -OCH3 is 1. The van der Waals surface area contributed by atoms with Gasteiger partial charge >= 0.3 is 0 Å². The largest absolute Gasteiger partial charge is 0.383 e. The Morgan fingerprint density at radius 3 is 3.00 bits per heavy atom. The fourth-order valence-corrected chi connectivity index (χ4v) is 3.64. The zero-order chi connectivity index (χ0) is 18.6.